The molecule has 53 heavy (non-hydrogen) atoms. The van der Waals surface area contributed by atoms with Crippen LogP contribution < -0.4 is 0 Å². The van der Waals surface area contributed by atoms with E-state index in [1.54, 1.807) is 6.20 Å². The van der Waals surface area contributed by atoms with E-state index < -0.39 is 0 Å². The predicted octanol–water partition coefficient (Wildman–Crippen LogP) is 12.5. The summed E-state index contributed by atoms with van der Waals surface area (Å²) >= 11 is 0. The van der Waals surface area contributed by atoms with E-state index in [1.165, 1.54) is 48.7 Å². The zero-order valence-electron chi connectivity index (χ0n) is 28.6. The maximum Gasteiger partial charge on any atom is 0.161 e. The fourth-order valence-electron chi connectivity index (χ4n) is 8.14. The normalized spacial score (nSPS) is 11.8. The van der Waals surface area contributed by atoms with Gasteiger partial charge in [0.15, 0.2) is 5.82 Å². The summed E-state index contributed by atoms with van der Waals surface area (Å²) in [6.07, 6.45) is 3.70. The molecule has 0 amide bonds. The van der Waals surface area contributed by atoms with Crippen molar-refractivity contribution in [2.45, 2.75) is 0 Å². The van der Waals surface area contributed by atoms with Crippen LogP contribution in [0.5, 0.6) is 0 Å². The van der Waals surface area contributed by atoms with Crippen molar-refractivity contribution in [2.75, 3.05) is 0 Å². The number of hydrogen-bond donors (Lipinski definition) is 0. The first-order chi connectivity index (χ1) is 26.3. The Kier molecular flexibility index (Phi) is 6.52. The largest absolute Gasteiger partial charge is 0.309 e. The third-order valence-corrected chi connectivity index (χ3v) is 10.7. The van der Waals surface area contributed by atoms with Crippen molar-refractivity contribution in [1.82, 2.24) is 19.5 Å². The average molecular weight is 675 g/mol. The topological polar surface area (TPSA) is 43.6 Å². The first kappa shape index (κ1) is 29.5. The fourth-order valence-corrected chi connectivity index (χ4v) is 8.14. The zero-order chi connectivity index (χ0) is 34.9. The highest BCUT2D eigenvalue weighted by Gasteiger charge is 2.17. The molecule has 4 nitrogen and oxygen atoms in total. The average Bonchev–Trinajstić information content (AvgIpc) is 3.57. The van der Waals surface area contributed by atoms with Gasteiger partial charge in [-0.15, -0.1) is 0 Å². The van der Waals surface area contributed by atoms with Gasteiger partial charge in [0.1, 0.15) is 0 Å². The van der Waals surface area contributed by atoms with Crippen molar-refractivity contribution in [3.8, 4) is 50.7 Å². The molecular weight excluding hydrogens is 645 g/mol. The first-order valence-corrected chi connectivity index (χ1v) is 17.9. The van der Waals surface area contributed by atoms with Gasteiger partial charge >= 0.3 is 0 Å². The van der Waals surface area contributed by atoms with Crippen LogP contribution in [0.3, 0.4) is 0 Å². The molecule has 11 aromatic rings. The van der Waals surface area contributed by atoms with Crippen LogP contribution in [0.2, 0.25) is 0 Å². The molecule has 0 aliphatic carbocycles. The lowest BCUT2D eigenvalue weighted by molar-refractivity contribution is 1.17. The van der Waals surface area contributed by atoms with Crippen LogP contribution in [0.25, 0.3) is 105 Å². The number of rotatable bonds is 5. The molecule has 0 N–H and O–H groups in total. The molecule has 246 valence electrons. The third-order valence-electron chi connectivity index (χ3n) is 10.7. The third kappa shape index (κ3) is 4.73. The van der Waals surface area contributed by atoms with Gasteiger partial charge in [0, 0.05) is 45.5 Å². The molecule has 3 heterocycles. The minimum atomic E-state index is 0.707. The highest BCUT2D eigenvalue weighted by atomic mass is 15.0. The van der Waals surface area contributed by atoms with Gasteiger partial charge in [0.05, 0.1) is 22.4 Å². The van der Waals surface area contributed by atoms with Gasteiger partial charge in [-0.3, -0.25) is 4.98 Å². The summed E-state index contributed by atoms with van der Waals surface area (Å²) < 4.78 is 2.35. The zero-order valence-corrected chi connectivity index (χ0v) is 28.6. The van der Waals surface area contributed by atoms with E-state index in [4.69, 9.17) is 9.97 Å². The Bertz CT molecular complexity index is 3070. The Labute approximate surface area is 305 Å². The Morgan fingerprint density at radius 2 is 0.981 bits per heavy atom. The number of nitrogens with zero attached hydrogens (tertiary/aromatic N) is 4. The predicted molar refractivity (Wildman–Crippen MR) is 220 cm³/mol. The maximum absolute atomic E-state index is 5.31. The SMILES string of the molecule is c1cncc(-c2ccc(-c3cc(-c4ccc(-n5c6ccccc6c6ccccc65)cc4)nc(-c4ccc5ccc6cccc7ccc4c5c67)n3)cc2)c1. The highest BCUT2D eigenvalue weighted by molar-refractivity contribution is 6.25. The number of pyridine rings is 1. The lowest BCUT2D eigenvalue weighted by Crippen LogP contribution is -1.98. The van der Waals surface area contributed by atoms with Crippen LogP contribution in [-0.2, 0) is 0 Å². The number of para-hydroxylation sites is 2. The molecule has 0 atom stereocenters. The second kappa shape index (κ2) is 11.7. The van der Waals surface area contributed by atoms with E-state index in [1.807, 2.05) is 12.3 Å². The second-order valence-electron chi connectivity index (χ2n) is 13.7. The minimum absolute atomic E-state index is 0.707. The smallest absolute Gasteiger partial charge is 0.161 e. The van der Waals surface area contributed by atoms with Crippen LogP contribution in [-0.4, -0.2) is 19.5 Å². The van der Waals surface area contributed by atoms with Crippen LogP contribution in [0.1, 0.15) is 0 Å². The van der Waals surface area contributed by atoms with Gasteiger partial charge in [-0.25, -0.2) is 9.97 Å². The number of fused-ring (bicyclic) bond motifs is 3. The summed E-state index contributed by atoms with van der Waals surface area (Å²) in [5.41, 5.74) is 10.5. The molecule has 3 aromatic heterocycles. The molecule has 8 aromatic carbocycles. The molecule has 0 unspecified atom stereocenters. The minimum Gasteiger partial charge on any atom is -0.309 e. The summed E-state index contributed by atoms with van der Waals surface area (Å²) in [5.74, 6) is 0.707. The Morgan fingerprint density at radius 3 is 1.64 bits per heavy atom. The quantitative estimate of drug-likeness (QED) is 0.171. The van der Waals surface area contributed by atoms with E-state index in [2.05, 4.69) is 173 Å². The maximum atomic E-state index is 5.31. The molecule has 0 aliphatic heterocycles. The van der Waals surface area contributed by atoms with Crippen molar-refractivity contribution in [1.29, 1.82) is 0 Å². The van der Waals surface area contributed by atoms with Gasteiger partial charge in [-0.1, -0.05) is 127 Å². The van der Waals surface area contributed by atoms with E-state index in [9.17, 15) is 0 Å². The number of aromatic nitrogens is 4. The molecule has 0 fully saturated rings. The lowest BCUT2D eigenvalue weighted by Gasteiger charge is -2.15. The summed E-state index contributed by atoms with van der Waals surface area (Å²) in [5, 5.41) is 9.90. The van der Waals surface area contributed by atoms with Crippen LogP contribution >= 0.6 is 0 Å². The summed E-state index contributed by atoms with van der Waals surface area (Å²) in [7, 11) is 0. The lowest BCUT2D eigenvalue weighted by atomic mass is 9.91. The van der Waals surface area contributed by atoms with Crippen molar-refractivity contribution >= 4 is 54.1 Å². The van der Waals surface area contributed by atoms with Crippen LogP contribution in [0, 0.1) is 0 Å². The molecular formula is C49H30N4. The summed E-state index contributed by atoms with van der Waals surface area (Å²) in [4.78, 5) is 14.9. The van der Waals surface area contributed by atoms with Gasteiger partial charge in [0.2, 0.25) is 0 Å². The Morgan fingerprint density at radius 1 is 0.396 bits per heavy atom. The number of benzene rings is 8. The van der Waals surface area contributed by atoms with E-state index in [0.717, 1.165) is 50.3 Å². The van der Waals surface area contributed by atoms with Gasteiger partial charge in [-0.05, 0) is 85.9 Å². The molecule has 0 bridgehead atoms. The second-order valence-corrected chi connectivity index (χ2v) is 13.7. The van der Waals surface area contributed by atoms with Crippen LogP contribution in [0.15, 0.2) is 182 Å². The molecule has 0 saturated heterocycles. The molecule has 0 aliphatic rings. The standard InChI is InChI=1S/C49H30N4/c1-3-12-45-39(10-1)40-11-2-4-13-46(40)53(45)38-24-20-33(21-25-38)44-29-43(32-16-14-31(15-17-32)37-9-6-28-50-30-37)51-49(52-44)42-27-23-36-19-18-34-7-5-8-35-22-26-41(42)48(36)47(34)35/h1-30H. The Balaban J connectivity index is 1.09. The molecule has 11 rings (SSSR count). The monoisotopic (exact) mass is 674 g/mol. The highest BCUT2D eigenvalue weighted by Crippen LogP contribution is 2.40. The van der Waals surface area contributed by atoms with Crippen molar-refractivity contribution in [2.24, 2.45) is 0 Å². The van der Waals surface area contributed by atoms with E-state index in [-0.39, 0.29) is 0 Å². The van der Waals surface area contributed by atoms with E-state index in [0.29, 0.717) is 5.82 Å². The molecule has 0 saturated carbocycles. The molecule has 0 spiro atoms. The summed E-state index contributed by atoms with van der Waals surface area (Å²) in [6.45, 7) is 0. The van der Waals surface area contributed by atoms with Gasteiger partial charge in [-0.2, -0.15) is 0 Å². The van der Waals surface area contributed by atoms with Crippen molar-refractivity contribution < 1.29 is 0 Å². The van der Waals surface area contributed by atoms with Crippen molar-refractivity contribution in [3.63, 3.8) is 0 Å². The first-order valence-electron chi connectivity index (χ1n) is 17.9. The number of hydrogen-bond acceptors (Lipinski definition) is 3. The van der Waals surface area contributed by atoms with E-state index >= 15 is 0 Å². The fraction of sp³-hybridized carbons (Fsp3) is 0. The van der Waals surface area contributed by atoms with Gasteiger partial charge in [0.25, 0.3) is 0 Å². The molecule has 4 heteroatoms. The Hall–Kier alpha value is -7.17. The van der Waals surface area contributed by atoms with Crippen LogP contribution in [0.4, 0.5) is 0 Å². The summed E-state index contributed by atoms with van der Waals surface area (Å²) in [6, 6.07) is 60.6. The molecule has 0 radical (unpaired) electrons. The van der Waals surface area contributed by atoms with Gasteiger partial charge < -0.3 is 4.57 Å². The van der Waals surface area contributed by atoms with Crippen molar-refractivity contribution in [3.05, 3.63) is 182 Å².